The molecule has 208 valence electrons. The van der Waals surface area contributed by atoms with Crippen molar-refractivity contribution in [2.75, 3.05) is 25.3 Å². The Labute approximate surface area is 247 Å². The first kappa shape index (κ1) is 26.9. The van der Waals surface area contributed by atoms with Crippen molar-refractivity contribution >= 4 is 38.8 Å². The number of pyridine rings is 1. The first-order chi connectivity index (χ1) is 20.5. The Morgan fingerprint density at radius 2 is 1.43 bits per heavy atom. The fraction of sp³-hybridized carbons (Fsp3) is 0.0588. The molecule has 4 aromatic carbocycles. The van der Waals surface area contributed by atoms with Crippen LogP contribution in [0.1, 0.15) is 9.67 Å². The molecule has 0 unspecified atom stereocenters. The number of ether oxygens (including phenoxy) is 3. The molecular formula is C34H27N3O4S. The van der Waals surface area contributed by atoms with Gasteiger partial charge in [-0.25, -0.2) is 4.98 Å². The Morgan fingerprint density at radius 3 is 2.12 bits per heavy atom. The van der Waals surface area contributed by atoms with Crippen LogP contribution in [0.25, 0.3) is 32.6 Å². The number of hydrogen-bond acceptors (Lipinski definition) is 7. The van der Waals surface area contributed by atoms with Crippen molar-refractivity contribution in [2.24, 2.45) is 0 Å². The van der Waals surface area contributed by atoms with Crippen LogP contribution in [0.5, 0.6) is 23.0 Å². The number of nitrogens with zero attached hydrogens (tertiary/aromatic N) is 1. The van der Waals surface area contributed by atoms with Crippen LogP contribution in [0.4, 0.5) is 11.4 Å². The molecule has 6 rings (SSSR count). The number of nitrogens with two attached hydrogens (primary N) is 1. The lowest BCUT2D eigenvalue weighted by Gasteiger charge is -2.12. The number of aromatic nitrogens is 1. The number of amides is 1. The molecule has 0 aliphatic rings. The van der Waals surface area contributed by atoms with Crippen molar-refractivity contribution in [3.63, 3.8) is 0 Å². The molecule has 8 heteroatoms. The molecule has 7 nitrogen and oxygen atoms in total. The highest BCUT2D eigenvalue weighted by Crippen LogP contribution is 2.43. The van der Waals surface area contributed by atoms with Gasteiger partial charge in [-0.2, -0.15) is 0 Å². The third kappa shape index (κ3) is 5.35. The van der Waals surface area contributed by atoms with Crippen molar-refractivity contribution in [1.82, 2.24) is 4.98 Å². The van der Waals surface area contributed by atoms with E-state index in [9.17, 15) is 4.79 Å². The van der Waals surface area contributed by atoms with Gasteiger partial charge in [-0.1, -0.05) is 54.6 Å². The Balaban J connectivity index is 1.37. The van der Waals surface area contributed by atoms with Crippen molar-refractivity contribution in [2.45, 2.75) is 0 Å². The van der Waals surface area contributed by atoms with Crippen LogP contribution in [-0.4, -0.2) is 25.1 Å². The molecule has 0 atom stereocenters. The van der Waals surface area contributed by atoms with Gasteiger partial charge in [0.25, 0.3) is 5.91 Å². The molecule has 1 amide bonds. The Kier molecular flexibility index (Phi) is 7.45. The van der Waals surface area contributed by atoms with Crippen molar-refractivity contribution in [3.05, 3.63) is 114 Å². The molecule has 2 aromatic heterocycles. The fourth-order valence-corrected chi connectivity index (χ4v) is 5.71. The monoisotopic (exact) mass is 573 g/mol. The second kappa shape index (κ2) is 11.6. The van der Waals surface area contributed by atoms with Gasteiger partial charge in [0.15, 0.2) is 11.5 Å². The predicted octanol–water partition coefficient (Wildman–Crippen LogP) is 8.27. The molecule has 0 saturated carbocycles. The molecule has 3 N–H and O–H groups in total. The summed E-state index contributed by atoms with van der Waals surface area (Å²) in [4.78, 5) is 19.5. The zero-order valence-electron chi connectivity index (χ0n) is 23.0. The summed E-state index contributed by atoms with van der Waals surface area (Å²) in [6.07, 6.45) is 0. The smallest absolute Gasteiger partial charge is 0.267 e. The highest BCUT2D eigenvalue weighted by atomic mass is 32.1. The number of benzene rings is 4. The van der Waals surface area contributed by atoms with E-state index in [0.717, 1.165) is 28.1 Å². The number of anilines is 2. The SMILES string of the molecule is COc1ccc(-c2cc(-c3ccccc3)nc3sc(C(=O)Nc4ccc(Oc5ccccc5)cc4)c(N)c23)cc1OC. The third-order valence-corrected chi connectivity index (χ3v) is 7.86. The lowest BCUT2D eigenvalue weighted by atomic mass is 9.99. The van der Waals surface area contributed by atoms with Gasteiger partial charge < -0.3 is 25.3 Å². The van der Waals surface area contributed by atoms with Crippen LogP contribution < -0.4 is 25.3 Å². The van der Waals surface area contributed by atoms with E-state index in [0.29, 0.717) is 43.7 Å². The van der Waals surface area contributed by atoms with Gasteiger partial charge in [0.1, 0.15) is 21.2 Å². The average Bonchev–Trinajstić information content (AvgIpc) is 3.38. The number of thiophene rings is 1. The zero-order valence-corrected chi connectivity index (χ0v) is 23.8. The summed E-state index contributed by atoms with van der Waals surface area (Å²) in [5.41, 5.74) is 11.1. The van der Waals surface area contributed by atoms with E-state index in [2.05, 4.69) is 5.32 Å². The van der Waals surface area contributed by atoms with E-state index in [1.54, 1.807) is 38.5 Å². The molecule has 0 saturated heterocycles. The van der Waals surface area contributed by atoms with E-state index >= 15 is 0 Å². The van der Waals surface area contributed by atoms with E-state index in [1.807, 2.05) is 84.9 Å². The van der Waals surface area contributed by atoms with E-state index in [-0.39, 0.29) is 5.91 Å². The molecule has 0 spiro atoms. The minimum atomic E-state index is -0.313. The number of nitrogens with one attached hydrogen (secondary N) is 1. The summed E-state index contributed by atoms with van der Waals surface area (Å²) in [6.45, 7) is 0. The molecule has 0 aliphatic heterocycles. The highest BCUT2D eigenvalue weighted by molar-refractivity contribution is 7.21. The normalized spacial score (nSPS) is 10.8. The topological polar surface area (TPSA) is 95.7 Å². The van der Waals surface area contributed by atoms with Crippen molar-refractivity contribution in [1.29, 1.82) is 0 Å². The maximum absolute atomic E-state index is 13.5. The molecule has 6 aromatic rings. The average molecular weight is 574 g/mol. The van der Waals surface area contributed by atoms with E-state index < -0.39 is 0 Å². The van der Waals surface area contributed by atoms with Crippen LogP contribution in [-0.2, 0) is 0 Å². The van der Waals surface area contributed by atoms with E-state index in [1.165, 1.54) is 11.3 Å². The van der Waals surface area contributed by atoms with Crippen LogP contribution in [0, 0.1) is 0 Å². The Morgan fingerprint density at radius 1 is 0.762 bits per heavy atom. The molecule has 0 fully saturated rings. The summed E-state index contributed by atoms with van der Waals surface area (Å²) < 4.78 is 16.9. The Bertz CT molecular complexity index is 1870. The van der Waals surface area contributed by atoms with Crippen LogP contribution in [0.3, 0.4) is 0 Å². The molecule has 42 heavy (non-hydrogen) atoms. The first-order valence-corrected chi connectivity index (χ1v) is 14.0. The lowest BCUT2D eigenvalue weighted by molar-refractivity contribution is 0.103. The first-order valence-electron chi connectivity index (χ1n) is 13.2. The van der Waals surface area contributed by atoms with E-state index in [4.69, 9.17) is 24.9 Å². The van der Waals surface area contributed by atoms with Crippen LogP contribution in [0.2, 0.25) is 0 Å². The maximum atomic E-state index is 13.5. The maximum Gasteiger partial charge on any atom is 0.267 e. The number of carbonyl (C=O) groups excluding carboxylic acids is 1. The van der Waals surface area contributed by atoms with Crippen molar-refractivity contribution < 1.29 is 19.0 Å². The number of methoxy groups -OCH3 is 2. The second-order valence-electron chi connectivity index (χ2n) is 9.41. The fourth-order valence-electron chi connectivity index (χ4n) is 4.70. The zero-order chi connectivity index (χ0) is 29.1. The molecule has 0 bridgehead atoms. The lowest BCUT2D eigenvalue weighted by Crippen LogP contribution is -2.11. The Hall–Kier alpha value is -5.34. The molecule has 0 radical (unpaired) electrons. The van der Waals surface area contributed by atoms with Gasteiger partial charge in [-0.3, -0.25) is 4.79 Å². The standard InChI is InChI=1S/C34H27N3O4S/c1-39-28-18-13-22(19-29(28)40-2)26-20-27(21-9-5-3-6-10-21)37-34-30(26)31(35)32(42-34)33(38)36-23-14-16-25(17-15-23)41-24-11-7-4-8-12-24/h3-20H,35H2,1-2H3,(H,36,38). The van der Waals surface area contributed by atoms with Crippen LogP contribution >= 0.6 is 11.3 Å². The molecule has 0 aliphatic carbocycles. The van der Waals surface area contributed by atoms with Gasteiger partial charge in [-0.05, 0) is 65.7 Å². The summed E-state index contributed by atoms with van der Waals surface area (Å²) in [5, 5.41) is 3.67. The van der Waals surface area contributed by atoms with Crippen molar-refractivity contribution in [3.8, 4) is 45.4 Å². The largest absolute Gasteiger partial charge is 0.493 e. The minimum Gasteiger partial charge on any atom is -0.493 e. The highest BCUT2D eigenvalue weighted by Gasteiger charge is 2.22. The number of nitrogen functional groups attached to an aromatic ring is 1. The predicted molar refractivity (Wildman–Crippen MR) is 169 cm³/mol. The molecule has 2 heterocycles. The van der Waals surface area contributed by atoms with Gasteiger partial charge in [-0.15, -0.1) is 11.3 Å². The van der Waals surface area contributed by atoms with Crippen LogP contribution in [0.15, 0.2) is 109 Å². The molecular weight excluding hydrogens is 546 g/mol. The number of hydrogen-bond donors (Lipinski definition) is 2. The summed E-state index contributed by atoms with van der Waals surface area (Å²) >= 11 is 1.26. The summed E-state index contributed by atoms with van der Waals surface area (Å²) in [7, 11) is 3.20. The minimum absolute atomic E-state index is 0.313. The van der Waals surface area contributed by atoms with Gasteiger partial charge in [0.05, 0.1) is 25.6 Å². The summed E-state index contributed by atoms with van der Waals surface area (Å²) in [5.74, 6) is 2.30. The van der Waals surface area contributed by atoms with Gasteiger partial charge >= 0.3 is 0 Å². The number of carbonyl (C=O) groups is 1. The number of rotatable bonds is 8. The number of fused-ring (bicyclic) bond motifs is 1. The third-order valence-electron chi connectivity index (χ3n) is 6.76. The summed E-state index contributed by atoms with van der Waals surface area (Å²) in [6, 6.07) is 34.3. The number of para-hydroxylation sites is 1. The quantitative estimate of drug-likeness (QED) is 0.190. The van der Waals surface area contributed by atoms with Gasteiger partial charge in [0, 0.05) is 16.6 Å². The van der Waals surface area contributed by atoms with Gasteiger partial charge in [0.2, 0.25) is 0 Å². The second-order valence-corrected chi connectivity index (χ2v) is 10.4.